The lowest BCUT2D eigenvalue weighted by Gasteiger charge is -2.10. The Balaban J connectivity index is 1.67. The van der Waals surface area contributed by atoms with Crippen LogP contribution in [0.2, 0.25) is 0 Å². The molecule has 0 unspecified atom stereocenters. The average Bonchev–Trinajstić information content (AvgIpc) is 3.23. The number of carbonyl (C=O) groups excluding carboxylic acids is 1. The molecule has 0 aliphatic heterocycles. The highest BCUT2D eigenvalue weighted by atomic mass is 32.2. The highest BCUT2D eigenvalue weighted by molar-refractivity contribution is 7.89. The number of methoxy groups -OCH3 is 2. The molecule has 0 aliphatic carbocycles. The number of primary sulfonamides is 1. The van der Waals surface area contributed by atoms with Crippen molar-refractivity contribution in [1.82, 2.24) is 15.5 Å². The van der Waals surface area contributed by atoms with Crippen LogP contribution in [0.4, 0.5) is 0 Å². The third-order valence-corrected chi connectivity index (χ3v) is 5.44. The Morgan fingerprint density at radius 1 is 1.10 bits per heavy atom. The average molecular weight is 430 g/mol. The van der Waals surface area contributed by atoms with Gasteiger partial charge in [-0.05, 0) is 42.3 Å². The number of benzene rings is 2. The first kappa shape index (κ1) is 21.3. The van der Waals surface area contributed by atoms with Gasteiger partial charge in [-0.2, -0.15) is 5.10 Å². The van der Waals surface area contributed by atoms with E-state index >= 15 is 0 Å². The molecule has 0 aliphatic rings. The molecule has 0 spiro atoms. The summed E-state index contributed by atoms with van der Waals surface area (Å²) in [6, 6.07) is 11.5. The number of nitrogens with one attached hydrogen (secondary N) is 2. The molecule has 0 fully saturated rings. The van der Waals surface area contributed by atoms with Crippen molar-refractivity contribution in [2.45, 2.75) is 11.3 Å². The van der Waals surface area contributed by atoms with Gasteiger partial charge < -0.3 is 14.8 Å². The maximum Gasteiger partial charge on any atom is 0.255 e. The van der Waals surface area contributed by atoms with Crippen molar-refractivity contribution in [2.24, 2.45) is 5.14 Å². The highest BCUT2D eigenvalue weighted by Gasteiger charge is 2.17. The molecule has 4 N–H and O–H groups in total. The Kier molecular flexibility index (Phi) is 6.38. The van der Waals surface area contributed by atoms with E-state index in [1.807, 2.05) is 0 Å². The van der Waals surface area contributed by atoms with Crippen LogP contribution in [0.25, 0.3) is 11.3 Å². The molecule has 3 rings (SSSR count). The Morgan fingerprint density at radius 2 is 1.80 bits per heavy atom. The molecule has 9 nitrogen and oxygen atoms in total. The van der Waals surface area contributed by atoms with Crippen molar-refractivity contribution in [3.8, 4) is 22.8 Å². The largest absolute Gasteiger partial charge is 0.493 e. The molecule has 0 saturated heterocycles. The number of rotatable bonds is 8. The standard InChI is InChI=1S/C20H22N4O5S/c1-28-17-8-5-14(11-18(17)29-2)19-16(12-23-24-19)20(25)22-10-9-13-3-6-15(7-4-13)30(21,26)27/h3-8,11-12H,9-10H2,1-2H3,(H,22,25)(H,23,24)(H2,21,26,27). The molecule has 30 heavy (non-hydrogen) atoms. The molecular weight excluding hydrogens is 408 g/mol. The lowest BCUT2D eigenvalue weighted by molar-refractivity contribution is 0.0955. The van der Waals surface area contributed by atoms with E-state index in [0.29, 0.717) is 35.7 Å². The third-order valence-electron chi connectivity index (χ3n) is 4.51. The number of hydrogen-bond donors (Lipinski definition) is 3. The topological polar surface area (TPSA) is 136 Å². The van der Waals surface area contributed by atoms with Gasteiger partial charge in [-0.15, -0.1) is 0 Å². The molecule has 0 radical (unpaired) electrons. The fraction of sp³-hybridized carbons (Fsp3) is 0.200. The number of aromatic nitrogens is 2. The number of aromatic amines is 1. The minimum absolute atomic E-state index is 0.0493. The van der Waals surface area contributed by atoms with Crippen LogP contribution >= 0.6 is 0 Å². The molecule has 0 saturated carbocycles. The molecule has 0 bridgehead atoms. The van der Waals surface area contributed by atoms with Crippen molar-refractivity contribution in [3.05, 3.63) is 59.8 Å². The van der Waals surface area contributed by atoms with Crippen molar-refractivity contribution >= 4 is 15.9 Å². The minimum atomic E-state index is -3.72. The molecular formula is C20H22N4O5S. The van der Waals surface area contributed by atoms with E-state index in [2.05, 4.69) is 15.5 Å². The zero-order valence-electron chi connectivity index (χ0n) is 16.5. The molecule has 1 heterocycles. The lowest BCUT2D eigenvalue weighted by atomic mass is 10.1. The van der Waals surface area contributed by atoms with Crippen LogP contribution in [-0.4, -0.2) is 45.3 Å². The van der Waals surface area contributed by atoms with E-state index in [4.69, 9.17) is 14.6 Å². The van der Waals surface area contributed by atoms with Crippen LogP contribution in [0.5, 0.6) is 11.5 Å². The molecule has 3 aromatic rings. The van der Waals surface area contributed by atoms with E-state index in [1.165, 1.54) is 25.4 Å². The van der Waals surface area contributed by atoms with Crippen molar-refractivity contribution < 1.29 is 22.7 Å². The Hall–Kier alpha value is -3.37. The summed E-state index contributed by atoms with van der Waals surface area (Å²) in [6.07, 6.45) is 1.99. The van der Waals surface area contributed by atoms with Crippen LogP contribution in [0.1, 0.15) is 15.9 Å². The molecule has 0 atom stereocenters. The summed E-state index contributed by atoms with van der Waals surface area (Å²) in [5, 5.41) is 14.8. The molecule has 2 aromatic carbocycles. The van der Waals surface area contributed by atoms with E-state index < -0.39 is 10.0 Å². The van der Waals surface area contributed by atoms with E-state index in [9.17, 15) is 13.2 Å². The first-order valence-electron chi connectivity index (χ1n) is 8.99. The summed E-state index contributed by atoms with van der Waals surface area (Å²) >= 11 is 0. The summed E-state index contributed by atoms with van der Waals surface area (Å²) in [5.74, 6) is 0.841. The highest BCUT2D eigenvalue weighted by Crippen LogP contribution is 2.32. The summed E-state index contributed by atoms with van der Waals surface area (Å²) in [6.45, 7) is 0.365. The van der Waals surface area contributed by atoms with Gasteiger partial charge in [0, 0.05) is 12.1 Å². The number of nitrogens with zero attached hydrogens (tertiary/aromatic N) is 1. The predicted octanol–water partition coefficient (Wildman–Crippen LogP) is 1.71. The Bertz CT molecular complexity index is 1140. The summed E-state index contributed by atoms with van der Waals surface area (Å²) in [7, 11) is -0.631. The van der Waals surface area contributed by atoms with Crippen molar-refractivity contribution in [3.63, 3.8) is 0 Å². The normalized spacial score (nSPS) is 11.2. The van der Waals surface area contributed by atoms with Gasteiger partial charge in [-0.1, -0.05) is 12.1 Å². The van der Waals surface area contributed by atoms with Gasteiger partial charge in [0.15, 0.2) is 11.5 Å². The second kappa shape index (κ2) is 8.97. The van der Waals surface area contributed by atoms with Gasteiger partial charge in [0.2, 0.25) is 10.0 Å². The van der Waals surface area contributed by atoms with Gasteiger partial charge in [0.1, 0.15) is 0 Å². The third kappa shape index (κ3) is 4.78. The van der Waals surface area contributed by atoms with Crippen LogP contribution < -0.4 is 19.9 Å². The maximum absolute atomic E-state index is 12.6. The molecule has 1 aromatic heterocycles. The monoisotopic (exact) mass is 430 g/mol. The van der Waals surface area contributed by atoms with Crippen LogP contribution in [0.3, 0.4) is 0 Å². The predicted molar refractivity (Wildman–Crippen MR) is 111 cm³/mol. The number of ether oxygens (including phenoxy) is 2. The van der Waals surface area contributed by atoms with Crippen molar-refractivity contribution in [2.75, 3.05) is 20.8 Å². The van der Waals surface area contributed by atoms with Gasteiger partial charge >= 0.3 is 0 Å². The Labute approximate surface area is 174 Å². The zero-order valence-corrected chi connectivity index (χ0v) is 17.3. The van der Waals surface area contributed by atoms with Gasteiger partial charge in [-0.25, -0.2) is 13.6 Å². The number of amides is 1. The fourth-order valence-electron chi connectivity index (χ4n) is 2.93. The van der Waals surface area contributed by atoms with Crippen LogP contribution in [-0.2, 0) is 16.4 Å². The van der Waals surface area contributed by atoms with Crippen LogP contribution in [0.15, 0.2) is 53.6 Å². The first-order valence-corrected chi connectivity index (χ1v) is 10.5. The van der Waals surface area contributed by atoms with E-state index in [1.54, 1.807) is 37.4 Å². The van der Waals surface area contributed by atoms with E-state index in [0.717, 1.165) is 11.1 Å². The smallest absolute Gasteiger partial charge is 0.255 e. The number of H-pyrrole nitrogens is 1. The number of sulfonamides is 1. The second-order valence-electron chi connectivity index (χ2n) is 6.42. The summed E-state index contributed by atoms with van der Waals surface area (Å²) < 4.78 is 33.2. The van der Waals surface area contributed by atoms with E-state index in [-0.39, 0.29) is 10.8 Å². The quantitative estimate of drug-likeness (QED) is 0.498. The van der Waals surface area contributed by atoms with Gasteiger partial charge in [0.25, 0.3) is 5.91 Å². The molecule has 158 valence electrons. The maximum atomic E-state index is 12.6. The zero-order chi connectivity index (χ0) is 21.7. The fourth-order valence-corrected chi connectivity index (χ4v) is 3.45. The first-order chi connectivity index (χ1) is 14.3. The summed E-state index contributed by atoms with van der Waals surface area (Å²) in [4.78, 5) is 12.7. The lowest BCUT2D eigenvalue weighted by Crippen LogP contribution is -2.25. The van der Waals surface area contributed by atoms with Gasteiger partial charge in [-0.3, -0.25) is 9.89 Å². The number of carbonyl (C=O) groups is 1. The second-order valence-corrected chi connectivity index (χ2v) is 7.98. The number of hydrogen-bond acceptors (Lipinski definition) is 6. The van der Waals surface area contributed by atoms with Crippen LogP contribution in [0, 0.1) is 0 Å². The SMILES string of the molecule is COc1ccc(-c2[nH]ncc2C(=O)NCCc2ccc(S(N)(=O)=O)cc2)cc1OC. The van der Waals surface area contributed by atoms with Gasteiger partial charge in [0.05, 0.1) is 36.6 Å². The Morgan fingerprint density at radius 3 is 2.43 bits per heavy atom. The molecule has 1 amide bonds. The minimum Gasteiger partial charge on any atom is -0.493 e. The number of nitrogens with two attached hydrogens (primary N) is 1. The molecule has 10 heteroatoms. The summed E-state index contributed by atoms with van der Waals surface area (Å²) in [5.41, 5.74) is 2.56. The van der Waals surface area contributed by atoms with Crippen molar-refractivity contribution in [1.29, 1.82) is 0 Å².